The lowest BCUT2D eigenvalue weighted by Crippen LogP contribution is -2.35. The van der Waals surface area contributed by atoms with Crippen LogP contribution in [0.1, 0.15) is 23.2 Å². The molecule has 18 heavy (non-hydrogen) atoms. The van der Waals surface area contributed by atoms with Gasteiger partial charge in [-0.3, -0.25) is 4.79 Å². The lowest BCUT2D eigenvalue weighted by molar-refractivity contribution is 0.0704. The minimum Gasteiger partial charge on any atom is -0.507 e. The Kier molecular flexibility index (Phi) is 3.72. The molecular formula is C13H17NO4. The fourth-order valence-corrected chi connectivity index (χ4v) is 1.92. The average molecular weight is 251 g/mol. The van der Waals surface area contributed by atoms with E-state index < -0.39 is 0 Å². The molecule has 0 spiro atoms. The third kappa shape index (κ3) is 2.56. The molecule has 1 amide bonds. The molecule has 0 heterocycles. The Morgan fingerprint density at radius 3 is 2.72 bits per heavy atom. The summed E-state index contributed by atoms with van der Waals surface area (Å²) in [5, 5.41) is 18.8. The van der Waals surface area contributed by atoms with E-state index in [1.54, 1.807) is 17.0 Å². The molecule has 0 saturated heterocycles. The number of phenols is 1. The standard InChI is InChI=1S/C13H17NO4/c1-18-10-4-5-11(12(16)8-10)13(17)14(6-7-15)9-2-3-9/h4-5,8-9,15-16H,2-3,6-7H2,1H3. The van der Waals surface area contributed by atoms with Crippen LogP contribution in [0, 0.1) is 0 Å². The molecule has 1 aromatic carbocycles. The first-order valence-electron chi connectivity index (χ1n) is 5.96. The molecule has 0 aromatic heterocycles. The minimum atomic E-state index is -0.244. The zero-order valence-corrected chi connectivity index (χ0v) is 10.3. The van der Waals surface area contributed by atoms with Crippen LogP contribution in [0.5, 0.6) is 11.5 Å². The molecule has 2 rings (SSSR count). The number of aliphatic hydroxyl groups is 1. The van der Waals surface area contributed by atoms with Crippen LogP contribution in [-0.4, -0.2) is 47.3 Å². The van der Waals surface area contributed by atoms with Gasteiger partial charge in [0, 0.05) is 18.7 Å². The van der Waals surface area contributed by atoms with E-state index in [0.717, 1.165) is 12.8 Å². The molecule has 0 radical (unpaired) electrons. The highest BCUT2D eigenvalue weighted by Crippen LogP contribution is 2.31. The summed E-state index contributed by atoms with van der Waals surface area (Å²) in [6.07, 6.45) is 1.92. The maximum atomic E-state index is 12.3. The van der Waals surface area contributed by atoms with Crippen LogP contribution >= 0.6 is 0 Å². The molecule has 1 fully saturated rings. The van der Waals surface area contributed by atoms with Crippen molar-refractivity contribution in [2.45, 2.75) is 18.9 Å². The van der Waals surface area contributed by atoms with Crippen molar-refractivity contribution in [3.05, 3.63) is 23.8 Å². The molecule has 1 aromatic rings. The van der Waals surface area contributed by atoms with Crippen LogP contribution < -0.4 is 4.74 Å². The summed E-state index contributed by atoms with van der Waals surface area (Å²) in [4.78, 5) is 13.9. The van der Waals surface area contributed by atoms with Gasteiger partial charge in [-0.15, -0.1) is 0 Å². The van der Waals surface area contributed by atoms with Crippen molar-refractivity contribution < 1.29 is 19.7 Å². The van der Waals surface area contributed by atoms with Gasteiger partial charge in [-0.2, -0.15) is 0 Å². The predicted octanol–water partition coefficient (Wildman–Crippen LogP) is 0.998. The van der Waals surface area contributed by atoms with E-state index in [0.29, 0.717) is 12.3 Å². The first-order valence-corrected chi connectivity index (χ1v) is 5.96. The van der Waals surface area contributed by atoms with E-state index in [1.807, 2.05) is 0 Å². The van der Waals surface area contributed by atoms with Crippen molar-refractivity contribution >= 4 is 5.91 Å². The van der Waals surface area contributed by atoms with E-state index in [-0.39, 0.29) is 29.9 Å². The fourth-order valence-electron chi connectivity index (χ4n) is 1.92. The van der Waals surface area contributed by atoms with Gasteiger partial charge in [0.2, 0.25) is 0 Å². The lowest BCUT2D eigenvalue weighted by atomic mass is 10.1. The number of benzene rings is 1. The van der Waals surface area contributed by atoms with Gasteiger partial charge in [-0.1, -0.05) is 0 Å². The van der Waals surface area contributed by atoms with Crippen molar-refractivity contribution in [1.82, 2.24) is 4.90 Å². The number of methoxy groups -OCH3 is 1. The minimum absolute atomic E-state index is 0.0703. The third-order valence-corrected chi connectivity index (χ3v) is 3.02. The number of nitrogens with zero attached hydrogens (tertiary/aromatic N) is 1. The Bertz CT molecular complexity index is 443. The van der Waals surface area contributed by atoms with Gasteiger partial charge in [0.25, 0.3) is 5.91 Å². The van der Waals surface area contributed by atoms with Crippen molar-refractivity contribution in [3.63, 3.8) is 0 Å². The molecule has 0 aliphatic heterocycles. The average Bonchev–Trinajstić information content (AvgIpc) is 3.19. The van der Waals surface area contributed by atoms with Crippen LogP contribution in [0.3, 0.4) is 0 Å². The molecule has 5 nitrogen and oxygen atoms in total. The second-order valence-corrected chi connectivity index (χ2v) is 4.34. The summed E-state index contributed by atoms with van der Waals surface area (Å²) < 4.78 is 4.97. The van der Waals surface area contributed by atoms with Crippen LogP contribution in [0.15, 0.2) is 18.2 Å². The second-order valence-electron chi connectivity index (χ2n) is 4.34. The van der Waals surface area contributed by atoms with Gasteiger partial charge in [0.1, 0.15) is 11.5 Å². The number of carbonyl (C=O) groups is 1. The number of amides is 1. The van der Waals surface area contributed by atoms with Crippen molar-refractivity contribution in [2.24, 2.45) is 0 Å². The topological polar surface area (TPSA) is 70.0 Å². The van der Waals surface area contributed by atoms with E-state index in [1.165, 1.54) is 13.2 Å². The summed E-state index contributed by atoms with van der Waals surface area (Å²) in [6, 6.07) is 4.79. The van der Waals surface area contributed by atoms with Gasteiger partial charge in [0.05, 0.1) is 19.3 Å². The van der Waals surface area contributed by atoms with Gasteiger partial charge >= 0.3 is 0 Å². The van der Waals surface area contributed by atoms with Crippen LogP contribution in [-0.2, 0) is 0 Å². The number of ether oxygens (including phenoxy) is 1. The van der Waals surface area contributed by atoms with E-state index in [9.17, 15) is 9.90 Å². The van der Waals surface area contributed by atoms with Gasteiger partial charge in [-0.25, -0.2) is 0 Å². The van der Waals surface area contributed by atoms with Crippen LogP contribution in [0.4, 0.5) is 0 Å². The van der Waals surface area contributed by atoms with Crippen LogP contribution in [0.2, 0.25) is 0 Å². The van der Waals surface area contributed by atoms with Crippen molar-refractivity contribution in [3.8, 4) is 11.5 Å². The highest BCUT2D eigenvalue weighted by molar-refractivity contribution is 5.97. The summed E-state index contributed by atoms with van der Waals surface area (Å²) in [5.74, 6) is 0.166. The fraction of sp³-hybridized carbons (Fsp3) is 0.462. The zero-order valence-electron chi connectivity index (χ0n) is 10.3. The number of hydrogen-bond acceptors (Lipinski definition) is 4. The Morgan fingerprint density at radius 2 is 2.22 bits per heavy atom. The van der Waals surface area contributed by atoms with E-state index in [2.05, 4.69) is 0 Å². The van der Waals surface area contributed by atoms with Crippen LogP contribution in [0.25, 0.3) is 0 Å². The Balaban J connectivity index is 2.21. The van der Waals surface area contributed by atoms with Gasteiger partial charge < -0.3 is 19.8 Å². The Hall–Kier alpha value is -1.75. The quantitative estimate of drug-likeness (QED) is 0.819. The largest absolute Gasteiger partial charge is 0.507 e. The smallest absolute Gasteiger partial charge is 0.257 e. The normalized spacial score (nSPS) is 14.3. The molecule has 0 atom stereocenters. The van der Waals surface area contributed by atoms with E-state index >= 15 is 0 Å². The number of aliphatic hydroxyl groups excluding tert-OH is 1. The molecule has 5 heteroatoms. The first-order chi connectivity index (χ1) is 8.67. The molecule has 1 aliphatic carbocycles. The SMILES string of the molecule is COc1ccc(C(=O)N(CCO)C2CC2)c(O)c1. The number of hydrogen-bond donors (Lipinski definition) is 2. The molecule has 1 aliphatic rings. The van der Waals surface area contributed by atoms with Crippen molar-refractivity contribution in [1.29, 1.82) is 0 Å². The maximum Gasteiger partial charge on any atom is 0.257 e. The van der Waals surface area contributed by atoms with E-state index in [4.69, 9.17) is 9.84 Å². The summed E-state index contributed by atoms with van der Waals surface area (Å²) >= 11 is 0. The molecule has 98 valence electrons. The highest BCUT2D eigenvalue weighted by Gasteiger charge is 2.33. The zero-order chi connectivity index (χ0) is 13.1. The lowest BCUT2D eigenvalue weighted by Gasteiger charge is -2.21. The van der Waals surface area contributed by atoms with Gasteiger partial charge in [-0.05, 0) is 25.0 Å². The molecule has 0 unspecified atom stereocenters. The van der Waals surface area contributed by atoms with Gasteiger partial charge in [0.15, 0.2) is 0 Å². The predicted molar refractivity (Wildman–Crippen MR) is 65.8 cm³/mol. The van der Waals surface area contributed by atoms with Crippen molar-refractivity contribution in [2.75, 3.05) is 20.3 Å². The first kappa shape index (κ1) is 12.7. The molecule has 0 bridgehead atoms. The summed E-state index contributed by atoms with van der Waals surface area (Å²) in [7, 11) is 1.50. The number of carbonyl (C=O) groups excluding carboxylic acids is 1. The summed E-state index contributed by atoms with van der Waals surface area (Å²) in [5.41, 5.74) is 0.246. The second kappa shape index (κ2) is 5.27. The number of rotatable bonds is 5. The maximum absolute atomic E-state index is 12.3. The Morgan fingerprint density at radius 1 is 1.50 bits per heavy atom. The molecule has 2 N–H and O–H groups in total. The number of phenolic OH excluding ortho intramolecular Hbond substituents is 1. The monoisotopic (exact) mass is 251 g/mol. The molecule has 1 saturated carbocycles. The highest BCUT2D eigenvalue weighted by atomic mass is 16.5. The molecular weight excluding hydrogens is 234 g/mol. The third-order valence-electron chi connectivity index (χ3n) is 3.02. The Labute approximate surface area is 106 Å². The summed E-state index contributed by atoms with van der Waals surface area (Å²) in [6.45, 7) is 0.230. The number of aromatic hydroxyl groups is 1.